The molecule has 10 nitrogen and oxygen atoms in total. The Morgan fingerprint density at radius 1 is 0.714 bits per heavy atom. The summed E-state index contributed by atoms with van der Waals surface area (Å²) in [4.78, 5) is 50.7. The SMILES string of the molecule is CCCC(=O)CCOCC(COCCC(C)=O)(COCCC(=O)CC)N(C)C(=O)CC(C)(C)OCC(C)(C)OC(C)C. The first-order valence-electron chi connectivity index (χ1n) is 15.3. The van der Waals surface area contributed by atoms with Crippen LogP contribution < -0.4 is 0 Å². The minimum absolute atomic E-state index is 0.00619. The Morgan fingerprint density at radius 2 is 1.21 bits per heavy atom. The standard InChI is InChI=1S/C32H59NO9/c1-11-13-28(36)16-19-40-24-32(22-38-17-14-26(5)34,23-39-18-15-27(35)12-2)33(10)29(37)20-30(6,7)41-21-31(8,9)42-25(3)4/h25H,11-24H2,1-10H3. The van der Waals surface area contributed by atoms with E-state index in [-0.39, 0.29) is 94.7 Å². The van der Waals surface area contributed by atoms with E-state index in [4.69, 9.17) is 23.7 Å². The van der Waals surface area contributed by atoms with Gasteiger partial charge in [-0.1, -0.05) is 13.8 Å². The van der Waals surface area contributed by atoms with E-state index in [1.807, 2.05) is 48.5 Å². The van der Waals surface area contributed by atoms with Crippen molar-refractivity contribution in [1.82, 2.24) is 4.90 Å². The van der Waals surface area contributed by atoms with Gasteiger partial charge < -0.3 is 28.6 Å². The van der Waals surface area contributed by atoms with Gasteiger partial charge in [0.05, 0.1) is 70.0 Å². The molecule has 1 atom stereocenters. The third-order valence-electron chi connectivity index (χ3n) is 6.71. The summed E-state index contributed by atoms with van der Waals surface area (Å²) in [6, 6.07) is 0. The summed E-state index contributed by atoms with van der Waals surface area (Å²) in [5.41, 5.74) is -2.39. The van der Waals surface area contributed by atoms with Gasteiger partial charge in [-0.2, -0.15) is 0 Å². The van der Waals surface area contributed by atoms with Gasteiger partial charge in [-0.3, -0.25) is 19.2 Å². The Morgan fingerprint density at radius 3 is 1.67 bits per heavy atom. The summed E-state index contributed by atoms with van der Waals surface area (Å²) >= 11 is 0. The monoisotopic (exact) mass is 601 g/mol. The number of rotatable bonds is 26. The van der Waals surface area contributed by atoms with Gasteiger partial charge in [-0.25, -0.2) is 0 Å². The second kappa shape index (κ2) is 20.3. The van der Waals surface area contributed by atoms with Crippen molar-refractivity contribution in [2.75, 3.05) is 53.3 Å². The molecule has 246 valence electrons. The third-order valence-corrected chi connectivity index (χ3v) is 6.71. The number of Topliss-reactive ketones (excluding diaryl/α,β-unsaturated/α-hetero) is 3. The van der Waals surface area contributed by atoms with E-state index >= 15 is 0 Å². The largest absolute Gasteiger partial charge is 0.378 e. The number of carbonyl (C=O) groups is 4. The number of carbonyl (C=O) groups excluding carboxylic acids is 4. The molecular formula is C32H59NO9. The highest BCUT2D eigenvalue weighted by molar-refractivity contribution is 5.79. The van der Waals surface area contributed by atoms with Gasteiger partial charge in [-0.05, 0) is 54.9 Å². The molecule has 0 rings (SSSR count). The molecule has 0 aliphatic rings. The maximum absolute atomic E-state index is 13.7. The maximum Gasteiger partial charge on any atom is 0.225 e. The van der Waals surface area contributed by atoms with Crippen molar-refractivity contribution in [3.63, 3.8) is 0 Å². The lowest BCUT2D eigenvalue weighted by Crippen LogP contribution is -2.60. The zero-order chi connectivity index (χ0) is 32.4. The van der Waals surface area contributed by atoms with Crippen LogP contribution in [-0.2, 0) is 42.9 Å². The Hall–Kier alpha value is -1.72. The first-order valence-corrected chi connectivity index (χ1v) is 15.3. The van der Waals surface area contributed by atoms with Gasteiger partial charge in [0.15, 0.2) is 0 Å². The van der Waals surface area contributed by atoms with Crippen LogP contribution in [0.2, 0.25) is 0 Å². The predicted molar refractivity (Wildman–Crippen MR) is 163 cm³/mol. The molecule has 0 aliphatic heterocycles. The lowest BCUT2D eigenvalue weighted by Gasteiger charge is -2.42. The van der Waals surface area contributed by atoms with E-state index in [2.05, 4.69) is 0 Å². The quantitative estimate of drug-likeness (QED) is 0.130. The molecule has 0 aromatic carbocycles. The molecule has 0 heterocycles. The van der Waals surface area contributed by atoms with Gasteiger partial charge >= 0.3 is 0 Å². The fraction of sp³-hybridized carbons (Fsp3) is 0.875. The molecule has 1 amide bonds. The molecule has 0 N–H and O–H groups in total. The number of ketones is 3. The number of ether oxygens (including phenoxy) is 5. The fourth-order valence-electron chi connectivity index (χ4n) is 4.21. The summed E-state index contributed by atoms with van der Waals surface area (Å²) in [6.07, 6.45) is 2.56. The number of nitrogens with zero attached hydrogens (tertiary/aromatic N) is 1. The second-order valence-corrected chi connectivity index (χ2v) is 12.6. The Kier molecular flexibility index (Phi) is 19.4. The van der Waals surface area contributed by atoms with Crippen LogP contribution in [0.25, 0.3) is 0 Å². The Labute approximate surface area is 254 Å². The van der Waals surface area contributed by atoms with Gasteiger partial charge in [0.2, 0.25) is 5.91 Å². The van der Waals surface area contributed by atoms with Crippen molar-refractivity contribution >= 4 is 23.3 Å². The summed E-state index contributed by atoms with van der Waals surface area (Å²) in [7, 11) is 1.67. The van der Waals surface area contributed by atoms with E-state index in [1.165, 1.54) is 6.92 Å². The average Bonchev–Trinajstić information content (AvgIpc) is 2.88. The van der Waals surface area contributed by atoms with Gasteiger partial charge in [0.1, 0.15) is 22.9 Å². The lowest BCUT2D eigenvalue weighted by atomic mass is 9.97. The molecule has 0 aliphatic carbocycles. The topological polar surface area (TPSA) is 118 Å². The van der Waals surface area contributed by atoms with Crippen molar-refractivity contribution in [1.29, 1.82) is 0 Å². The second-order valence-electron chi connectivity index (χ2n) is 12.6. The van der Waals surface area contributed by atoms with Gasteiger partial charge in [-0.15, -0.1) is 0 Å². The van der Waals surface area contributed by atoms with Crippen molar-refractivity contribution in [3.05, 3.63) is 0 Å². The minimum atomic E-state index is -1.06. The van der Waals surface area contributed by atoms with Crippen molar-refractivity contribution in [2.45, 2.75) is 130 Å². The predicted octanol–water partition coefficient (Wildman–Crippen LogP) is 4.73. The molecule has 0 aromatic heterocycles. The van der Waals surface area contributed by atoms with Crippen LogP contribution in [0.4, 0.5) is 0 Å². The van der Waals surface area contributed by atoms with Crippen molar-refractivity contribution in [3.8, 4) is 0 Å². The Bertz CT molecular complexity index is 825. The smallest absolute Gasteiger partial charge is 0.225 e. The van der Waals surface area contributed by atoms with E-state index in [1.54, 1.807) is 18.9 Å². The first-order chi connectivity index (χ1) is 19.5. The summed E-state index contributed by atoms with van der Waals surface area (Å²) in [6.45, 7) is 17.8. The minimum Gasteiger partial charge on any atom is -0.378 e. The fourth-order valence-corrected chi connectivity index (χ4v) is 4.21. The molecule has 0 radical (unpaired) electrons. The molecule has 0 spiro atoms. The molecule has 42 heavy (non-hydrogen) atoms. The lowest BCUT2D eigenvalue weighted by molar-refractivity contribution is -0.163. The molecule has 1 unspecified atom stereocenters. The average molecular weight is 602 g/mol. The van der Waals surface area contributed by atoms with Crippen LogP contribution in [0.5, 0.6) is 0 Å². The third kappa shape index (κ3) is 18.1. The van der Waals surface area contributed by atoms with E-state index in [0.717, 1.165) is 6.42 Å². The van der Waals surface area contributed by atoms with Gasteiger partial charge in [0.25, 0.3) is 0 Å². The molecule has 0 saturated carbocycles. The maximum atomic E-state index is 13.7. The normalized spacial score (nSPS) is 13.7. The molecule has 10 heteroatoms. The molecule has 0 aromatic rings. The highest BCUT2D eigenvalue weighted by atomic mass is 16.6. The van der Waals surface area contributed by atoms with Crippen LogP contribution >= 0.6 is 0 Å². The zero-order valence-corrected chi connectivity index (χ0v) is 28.1. The highest BCUT2D eigenvalue weighted by Crippen LogP contribution is 2.25. The van der Waals surface area contributed by atoms with Crippen LogP contribution in [0.15, 0.2) is 0 Å². The summed E-state index contributed by atoms with van der Waals surface area (Å²) in [5, 5.41) is 0. The molecule has 0 fully saturated rings. The van der Waals surface area contributed by atoms with E-state index in [9.17, 15) is 19.2 Å². The zero-order valence-electron chi connectivity index (χ0n) is 28.1. The van der Waals surface area contributed by atoms with Crippen LogP contribution in [0.1, 0.15) is 107 Å². The summed E-state index contributed by atoms with van der Waals surface area (Å²) < 4.78 is 29.9. The molecular weight excluding hydrogens is 542 g/mol. The Balaban J connectivity index is 5.85. The number of amides is 1. The molecule has 0 saturated heterocycles. The number of likely N-dealkylation sites (N-methyl/N-ethyl adjacent to an activating group) is 1. The molecule has 0 bridgehead atoms. The van der Waals surface area contributed by atoms with Crippen molar-refractivity contribution < 1.29 is 42.9 Å². The van der Waals surface area contributed by atoms with Crippen LogP contribution in [-0.4, -0.2) is 104 Å². The first kappa shape index (κ1) is 40.3. The highest BCUT2D eigenvalue weighted by Gasteiger charge is 2.41. The summed E-state index contributed by atoms with van der Waals surface area (Å²) in [5.74, 6) is -0.0236. The van der Waals surface area contributed by atoms with Gasteiger partial charge in [0, 0.05) is 39.2 Å². The van der Waals surface area contributed by atoms with E-state index < -0.39 is 16.7 Å². The van der Waals surface area contributed by atoms with E-state index in [0.29, 0.717) is 19.4 Å². The van der Waals surface area contributed by atoms with Crippen LogP contribution in [0.3, 0.4) is 0 Å². The number of hydrogen-bond acceptors (Lipinski definition) is 9. The number of hydrogen-bond donors (Lipinski definition) is 0. The van der Waals surface area contributed by atoms with Crippen molar-refractivity contribution in [2.24, 2.45) is 0 Å². The van der Waals surface area contributed by atoms with Crippen LogP contribution in [0, 0.1) is 0 Å².